The quantitative estimate of drug-likeness (QED) is 0.146. The Balaban J connectivity index is 0.00000107. The van der Waals surface area contributed by atoms with Crippen LogP contribution in [-0.4, -0.2) is 29.1 Å². The second-order valence-corrected chi connectivity index (χ2v) is 10.8. The first-order chi connectivity index (χ1) is 18.6. The number of carbonyl (C=O) groups excluding carboxylic acids is 1. The predicted octanol–water partition coefficient (Wildman–Crippen LogP) is 9.01. The van der Waals surface area contributed by atoms with Crippen LogP contribution in [0, 0.1) is 0 Å². The van der Waals surface area contributed by atoms with E-state index >= 15 is 0 Å². The summed E-state index contributed by atoms with van der Waals surface area (Å²) in [6.45, 7) is 5.00. The van der Waals surface area contributed by atoms with E-state index in [-0.39, 0.29) is 5.34 Å². The summed E-state index contributed by atoms with van der Waals surface area (Å²) in [6.07, 6.45) is 6.74. The van der Waals surface area contributed by atoms with Gasteiger partial charge in [-0.1, -0.05) is 68.3 Å². The lowest BCUT2D eigenvalue weighted by atomic mass is 9.96. The molecule has 1 aliphatic heterocycles. The summed E-state index contributed by atoms with van der Waals surface area (Å²) in [5, 5.41) is 1.35. The van der Waals surface area contributed by atoms with E-state index in [0.717, 1.165) is 74.0 Å². The maximum absolute atomic E-state index is 12.2. The molecule has 0 radical (unpaired) electrons. The van der Waals surface area contributed by atoms with E-state index in [1.54, 1.807) is 0 Å². The lowest BCUT2D eigenvalue weighted by Crippen LogP contribution is -2.32. The van der Waals surface area contributed by atoms with Crippen molar-refractivity contribution in [1.82, 2.24) is 4.90 Å². The molecule has 3 nitrogen and oxygen atoms in total. The Kier molecular flexibility index (Phi) is 10.9. The molecule has 5 heteroatoms. The third-order valence-corrected chi connectivity index (χ3v) is 7.18. The van der Waals surface area contributed by atoms with Crippen molar-refractivity contribution in [3.63, 3.8) is 0 Å². The van der Waals surface area contributed by atoms with Crippen LogP contribution >= 0.6 is 23.2 Å². The maximum atomic E-state index is 12.2. The van der Waals surface area contributed by atoms with Gasteiger partial charge in [0.15, 0.2) is 0 Å². The molecule has 2 heterocycles. The fraction of sp³-hybridized carbons (Fsp3) is 0.364. The van der Waals surface area contributed by atoms with Gasteiger partial charge < -0.3 is 4.42 Å². The van der Waals surface area contributed by atoms with Crippen LogP contribution in [0.2, 0.25) is 0 Å². The summed E-state index contributed by atoms with van der Waals surface area (Å²) in [5.41, 5.74) is 7.47. The number of rotatable bonds is 10. The molecular weight excluding hydrogens is 513 g/mol. The van der Waals surface area contributed by atoms with Crippen molar-refractivity contribution in [2.24, 2.45) is 0 Å². The van der Waals surface area contributed by atoms with Crippen LogP contribution < -0.4 is 0 Å². The Labute approximate surface area is 236 Å². The Morgan fingerprint density at radius 3 is 2.50 bits per heavy atom. The number of nitrogens with zero attached hydrogens (tertiary/aromatic N) is 1. The molecule has 0 aliphatic carbocycles. The zero-order valence-electron chi connectivity index (χ0n) is 22.2. The zero-order valence-corrected chi connectivity index (χ0v) is 23.7. The highest BCUT2D eigenvalue weighted by atomic mass is 35.5. The molecule has 38 heavy (non-hydrogen) atoms. The van der Waals surface area contributed by atoms with Gasteiger partial charge in [-0.15, -0.1) is 23.2 Å². The van der Waals surface area contributed by atoms with Gasteiger partial charge in [0.05, 0.1) is 5.34 Å². The third kappa shape index (κ3) is 7.96. The molecule has 0 unspecified atom stereocenters. The van der Waals surface area contributed by atoms with Crippen LogP contribution in [0.4, 0.5) is 0 Å². The number of halogens is 2. The normalized spacial score (nSPS) is 13.1. The molecule has 4 aromatic rings. The van der Waals surface area contributed by atoms with E-state index in [1.807, 2.05) is 0 Å². The number of hydrogen-bond acceptors (Lipinski definition) is 3. The minimum Gasteiger partial charge on any atom is -0.456 e. The molecule has 0 atom stereocenters. The molecule has 5 rings (SSSR count). The zero-order chi connectivity index (χ0) is 26.7. The summed E-state index contributed by atoms with van der Waals surface area (Å²) in [5.74, 6) is 1.34. The van der Waals surface area contributed by atoms with Crippen molar-refractivity contribution >= 4 is 40.0 Å². The topological polar surface area (TPSA) is 33.5 Å². The van der Waals surface area contributed by atoms with Gasteiger partial charge in [-0.2, -0.15) is 0 Å². The number of unbranched alkanes of at least 4 members (excludes halogenated alkanes) is 2. The molecule has 0 spiro atoms. The smallest absolute Gasteiger partial charge is 0.135 e. The number of Topliss-reactive ketones (excluding diaryl/α,β-unsaturated/α-hetero) is 1. The second kappa shape index (κ2) is 14.5. The monoisotopic (exact) mass is 549 g/mol. The first kappa shape index (κ1) is 28.4. The van der Waals surface area contributed by atoms with E-state index in [2.05, 4.69) is 84.6 Å². The average Bonchev–Trinajstić information content (AvgIpc) is 3.36. The number of hydrogen-bond donors (Lipinski definition) is 0. The largest absolute Gasteiger partial charge is 0.456 e. The summed E-state index contributed by atoms with van der Waals surface area (Å²) in [4.78, 5) is 14.6. The van der Waals surface area contributed by atoms with Gasteiger partial charge in [0.25, 0.3) is 0 Å². The average molecular weight is 551 g/mol. The molecule has 200 valence electrons. The van der Waals surface area contributed by atoms with Gasteiger partial charge in [-0.25, -0.2) is 0 Å². The molecule has 1 aromatic heterocycles. The second-order valence-electron chi connectivity index (χ2n) is 10.0. The van der Waals surface area contributed by atoms with Crippen molar-refractivity contribution < 1.29 is 9.21 Å². The molecule has 0 bridgehead atoms. The number of alkyl halides is 2. The molecular formula is C33H37Cl2NO2. The van der Waals surface area contributed by atoms with Crippen molar-refractivity contribution in [3.05, 3.63) is 95.1 Å². The van der Waals surface area contributed by atoms with Crippen molar-refractivity contribution in [2.45, 2.75) is 58.4 Å². The van der Waals surface area contributed by atoms with Gasteiger partial charge in [-0.3, -0.25) is 9.69 Å². The van der Waals surface area contributed by atoms with Gasteiger partial charge in [-0.05, 0) is 65.8 Å². The molecule has 3 aromatic carbocycles. The van der Waals surface area contributed by atoms with Crippen LogP contribution in [0.1, 0.15) is 61.3 Å². The van der Waals surface area contributed by atoms with Gasteiger partial charge >= 0.3 is 0 Å². The van der Waals surface area contributed by atoms with Gasteiger partial charge in [0.2, 0.25) is 0 Å². The van der Waals surface area contributed by atoms with Crippen LogP contribution in [0.3, 0.4) is 0 Å². The van der Waals surface area contributed by atoms with Crippen LogP contribution in [0.15, 0.2) is 77.2 Å². The van der Waals surface area contributed by atoms with Crippen LogP contribution in [0.5, 0.6) is 0 Å². The van der Waals surface area contributed by atoms with Crippen molar-refractivity contribution in [3.8, 4) is 11.3 Å². The maximum Gasteiger partial charge on any atom is 0.135 e. The molecule has 0 saturated heterocycles. The summed E-state index contributed by atoms with van der Waals surface area (Å²) in [7, 11) is 0. The van der Waals surface area contributed by atoms with Gasteiger partial charge in [0.1, 0.15) is 17.1 Å². The first-order valence-electron chi connectivity index (χ1n) is 13.6. The number of benzene rings is 3. The fourth-order valence-corrected chi connectivity index (χ4v) is 5.11. The van der Waals surface area contributed by atoms with Crippen LogP contribution in [-0.2, 0) is 24.2 Å². The van der Waals surface area contributed by atoms with Crippen molar-refractivity contribution in [2.75, 3.05) is 18.4 Å². The first-order valence-corrected chi connectivity index (χ1v) is 14.7. The number of carbonyl (C=O) groups is 1. The Morgan fingerprint density at radius 2 is 1.71 bits per heavy atom. The van der Waals surface area contributed by atoms with E-state index in [4.69, 9.17) is 27.6 Å². The SMILES string of the molecule is CCCCCC(=O)CCN1CCc2cc(-c3cc4cc(Cc5ccccc5)ccc4o3)ccc2C1.ClCCl. The van der Waals surface area contributed by atoms with E-state index in [1.165, 1.54) is 28.7 Å². The third-order valence-electron chi connectivity index (χ3n) is 7.18. The minimum atomic E-state index is 0.194. The highest BCUT2D eigenvalue weighted by molar-refractivity contribution is 6.40. The summed E-state index contributed by atoms with van der Waals surface area (Å²) < 4.78 is 6.23. The van der Waals surface area contributed by atoms with Crippen LogP contribution in [0.25, 0.3) is 22.3 Å². The number of fused-ring (bicyclic) bond motifs is 2. The van der Waals surface area contributed by atoms with Crippen molar-refractivity contribution in [1.29, 1.82) is 0 Å². The number of furan rings is 1. The summed E-state index contributed by atoms with van der Waals surface area (Å²) in [6, 6.07) is 26.0. The Bertz CT molecular complexity index is 1320. The predicted molar refractivity (Wildman–Crippen MR) is 160 cm³/mol. The van der Waals surface area contributed by atoms with Gasteiger partial charge in [0, 0.05) is 43.4 Å². The fourth-order valence-electron chi connectivity index (χ4n) is 5.11. The van der Waals surface area contributed by atoms with E-state index < -0.39 is 0 Å². The Morgan fingerprint density at radius 1 is 0.895 bits per heavy atom. The molecule has 0 amide bonds. The Hall–Kier alpha value is -2.59. The molecule has 0 N–H and O–H groups in total. The van der Waals surface area contributed by atoms with E-state index in [0.29, 0.717) is 12.2 Å². The lowest BCUT2D eigenvalue weighted by Gasteiger charge is -2.28. The van der Waals surface area contributed by atoms with E-state index in [9.17, 15) is 4.79 Å². The minimum absolute atomic E-state index is 0.194. The molecule has 0 fully saturated rings. The molecule has 1 aliphatic rings. The summed E-state index contributed by atoms with van der Waals surface area (Å²) >= 11 is 9.53. The lowest BCUT2D eigenvalue weighted by molar-refractivity contribution is -0.119. The number of ketones is 1. The standard InChI is InChI=1S/C32H35NO2.CH2Cl2/c1-2-3-5-10-30(34)16-18-33-17-15-26-21-27(12-13-28(26)23-33)32-22-29-20-25(11-14-31(29)35-32)19-24-8-6-4-7-9-24;2-1-3/h4,6-9,11-14,20-22H,2-3,5,10,15-19,23H2,1H3;1H2. The highest BCUT2D eigenvalue weighted by Crippen LogP contribution is 2.31. The highest BCUT2D eigenvalue weighted by Gasteiger charge is 2.18. The molecule has 0 saturated carbocycles.